The Morgan fingerprint density at radius 1 is 1.63 bits per heavy atom. The van der Waals surface area contributed by atoms with E-state index in [9.17, 15) is 14.7 Å². The summed E-state index contributed by atoms with van der Waals surface area (Å²) >= 11 is 1.23. The van der Waals surface area contributed by atoms with Crippen molar-refractivity contribution in [1.29, 1.82) is 0 Å². The van der Waals surface area contributed by atoms with Gasteiger partial charge in [-0.05, 0) is 12.5 Å². The van der Waals surface area contributed by atoms with Crippen molar-refractivity contribution < 1.29 is 19.4 Å². The van der Waals surface area contributed by atoms with Gasteiger partial charge >= 0.3 is 5.97 Å². The molecule has 0 bridgehead atoms. The van der Waals surface area contributed by atoms with E-state index < -0.39 is 12.1 Å². The van der Waals surface area contributed by atoms with Crippen molar-refractivity contribution in [2.24, 2.45) is 0 Å². The minimum absolute atomic E-state index is 0.0837. The van der Waals surface area contributed by atoms with Gasteiger partial charge in [-0.25, -0.2) is 4.79 Å². The number of nitrogens with zero attached hydrogens (tertiary/aromatic N) is 1. The SMILES string of the molecule is CCCc1cc(OC2CCN(C)C2=O)c(C(=O)O)s1. The summed E-state index contributed by atoms with van der Waals surface area (Å²) in [6.45, 7) is 2.69. The summed E-state index contributed by atoms with van der Waals surface area (Å²) < 4.78 is 5.62. The Balaban J connectivity index is 2.19. The van der Waals surface area contributed by atoms with E-state index in [4.69, 9.17) is 4.74 Å². The fraction of sp³-hybridized carbons (Fsp3) is 0.538. The van der Waals surface area contributed by atoms with Crippen LogP contribution in [0.1, 0.15) is 34.3 Å². The van der Waals surface area contributed by atoms with E-state index in [0.717, 1.165) is 17.7 Å². The minimum atomic E-state index is -0.999. The summed E-state index contributed by atoms with van der Waals surface area (Å²) in [4.78, 5) is 25.7. The van der Waals surface area contributed by atoms with Gasteiger partial charge in [-0.2, -0.15) is 0 Å². The second kappa shape index (κ2) is 5.61. The first kappa shape index (κ1) is 13.9. The van der Waals surface area contributed by atoms with Gasteiger partial charge in [0, 0.05) is 24.9 Å². The molecule has 1 saturated heterocycles. The molecule has 1 aromatic heterocycles. The highest BCUT2D eigenvalue weighted by Crippen LogP contribution is 2.32. The standard InChI is InChI=1S/C13H17NO4S/c1-3-4-8-7-10(11(19-8)13(16)17)18-9-5-6-14(2)12(9)15/h7,9H,3-6H2,1-2H3,(H,16,17). The molecule has 1 aromatic rings. The molecular weight excluding hydrogens is 266 g/mol. The van der Waals surface area contributed by atoms with Crippen molar-refractivity contribution in [1.82, 2.24) is 4.90 Å². The molecule has 2 heterocycles. The quantitative estimate of drug-likeness (QED) is 0.897. The van der Waals surface area contributed by atoms with Gasteiger partial charge < -0.3 is 14.7 Å². The van der Waals surface area contributed by atoms with Crippen LogP contribution >= 0.6 is 11.3 Å². The van der Waals surface area contributed by atoms with Crippen LogP contribution in [-0.2, 0) is 11.2 Å². The van der Waals surface area contributed by atoms with Gasteiger partial charge in [-0.1, -0.05) is 13.3 Å². The van der Waals surface area contributed by atoms with Gasteiger partial charge in [0.15, 0.2) is 11.0 Å². The Hall–Kier alpha value is -1.56. The summed E-state index contributed by atoms with van der Waals surface area (Å²) in [5, 5.41) is 9.17. The molecule has 1 aliphatic heterocycles. The first-order chi connectivity index (χ1) is 9.02. The van der Waals surface area contributed by atoms with Crippen LogP contribution in [0.5, 0.6) is 5.75 Å². The molecule has 0 saturated carbocycles. The Bertz CT molecular complexity index is 497. The van der Waals surface area contributed by atoms with E-state index in [0.29, 0.717) is 18.7 Å². The number of likely N-dealkylation sites (tertiary alicyclic amines) is 1. The molecule has 5 nitrogen and oxygen atoms in total. The zero-order valence-electron chi connectivity index (χ0n) is 11.0. The number of thiophene rings is 1. The zero-order valence-corrected chi connectivity index (χ0v) is 11.8. The fourth-order valence-electron chi connectivity index (χ4n) is 2.08. The van der Waals surface area contributed by atoms with Crippen molar-refractivity contribution in [2.45, 2.75) is 32.3 Å². The predicted molar refractivity (Wildman–Crippen MR) is 71.9 cm³/mol. The molecule has 1 amide bonds. The normalized spacial score (nSPS) is 18.9. The summed E-state index contributed by atoms with van der Waals surface area (Å²) in [7, 11) is 1.72. The Morgan fingerprint density at radius 2 is 2.37 bits per heavy atom. The molecule has 1 fully saturated rings. The molecule has 19 heavy (non-hydrogen) atoms. The van der Waals surface area contributed by atoms with E-state index in [1.165, 1.54) is 11.3 Å². The fourth-order valence-corrected chi connectivity index (χ4v) is 3.11. The third-order valence-electron chi connectivity index (χ3n) is 3.09. The molecule has 0 aliphatic carbocycles. The highest BCUT2D eigenvalue weighted by molar-refractivity contribution is 7.14. The smallest absolute Gasteiger partial charge is 0.349 e. The molecule has 1 aliphatic rings. The third-order valence-corrected chi connectivity index (χ3v) is 4.25. The topological polar surface area (TPSA) is 66.8 Å². The monoisotopic (exact) mass is 283 g/mol. The highest BCUT2D eigenvalue weighted by Gasteiger charge is 2.32. The third kappa shape index (κ3) is 2.89. The largest absolute Gasteiger partial charge is 0.479 e. The van der Waals surface area contributed by atoms with Crippen LogP contribution in [0, 0.1) is 0 Å². The molecular formula is C13H17NO4S. The lowest BCUT2D eigenvalue weighted by molar-refractivity contribution is -0.132. The van der Waals surface area contributed by atoms with Crippen LogP contribution in [0.4, 0.5) is 0 Å². The lowest BCUT2D eigenvalue weighted by atomic mass is 10.2. The molecule has 0 spiro atoms. The van der Waals surface area contributed by atoms with Crippen LogP contribution in [0.25, 0.3) is 0 Å². The van der Waals surface area contributed by atoms with Crippen LogP contribution < -0.4 is 4.74 Å². The second-order valence-electron chi connectivity index (χ2n) is 4.62. The number of carboxylic acids is 1. The Labute approximate surface area is 115 Å². The lowest BCUT2D eigenvalue weighted by Crippen LogP contribution is -2.29. The maximum absolute atomic E-state index is 11.8. The molecule has 1 N–H and O–H groups in total. The number of aromatic carboxylic acids is 1. The van der Waals surface area contributed by atoms with E-state index in [2.05, 4.69) is 0 Å². The van der Waals surface area contributed by atoms with Crippen LogP contribution in [-0.4, -0.2) is 41.6 Å². The number of hydrogen-bond acceptors (Lipinski definition) is 4. The van der Waals surface area contributed by atoms with E-state index in [1.54, 1.807) is 18.0 Å². The number of carboxylic acid groups (broad SMARTS) is 1. The number of likely N-dealkylation sites (N-methyl/N-ethyl adjacent to an activating group) is 1. The van der Waals surface area contributed by atoms with E-state index in [1.807, 2.05) is 6.92 Å². The number of rotatable bonds is 5. The maximum atomic E-state index is 11.8. The van der Waals surface area contributed by atoms with Crippen molar-refractivity contribution in [3.05, 3.63) is 15.8 Å². The summed E-state index contributed by atoms with van der Waals surface area (Å²) in [6, 6.07) is 1.75. The molecule has 6 heteroatoms. The van der Waals surface area contributed by atoms with Gasteiger partial charge in [0.2, 0.25) is 0 Å². The van der Waals surface area contributed by atoms with Crippen molar-refractivity contribution in [3.8, 4) is 5.75 Å². The van der Waals surface area contributed by atoms with Crippen LogP contribution in [0.15, 0.2) is 6.07 Å². The molecule has 0 radical (unpaired) electrons. The first-order valence-corrected chi connectivity index (χ1v) is 7.12. The zero-order chi connectivity index (χ0) is 14.0. The molecule has 1 atom stereocenters. The van der Waals surface area contributed by atoms with E-state index in [-0.39, 0.29) is 10.8 Å². The van der Waals surface area contributed by atoms with Crippen molar-refractivity contribution in [3.63, 3.8) is 0 Å². The Kier molecular flexibility index (Phi) is 4.09. The average Bonchev–Trinajstić information content (AvgIpc) is 2.89. The minimum Gasteiger partial charge on any atom is -0.479 e. The van der Waals surface area contributed by atoms with Gasteiger partial charge in [-0.3, -0.25) is 4.79 Å². The van der Waals surface area contributed by atoms with Gasteiger partial charge in [0.25, 0.3) is 5.91 Å². The number of amides is 1. The number of carbonyl (C=O) groups is 2. The molecule has 0 aromatic carbocycles. The van der Waals surface area contributed by atoms with Gasteiger partial charge in [0.05, 0.1) is 0 Å². The summed E-state index contributed by atoms with van der Waals surface area (Å²) in [5.41, 5.74) is 0. The average molecular weight is 283 g/mol. The van der Waals surface area contributed by atoms with Gasteiger partial charge in [0.1, 0.15) is 5.75 Å². The number of carbonyl (C=O) groups excluding carboxylic acids is 1. The molecule has 1 unspecified atom stereocenters. The lowest BCUT2D eigenvalue weighted by Gasteiger charge is -2.12. The number of ether oxygens (including phenoxy) is 1. The first-order valence-electron chi connectivity index (χ1n) is 6.30. The van der Waals surface area contributed by atoms with Crippen molar-refractivity contribution in [2.75, 3.05) is 13.6 Å². The molecule has 2 rings (SSSR count). The van der Waals surface area contributed by atoms with Gasteiger partial charge in [-0.15, -0.1) is 11.3 Å². The van der Waals surface area contributed by atoms with Crippen LogP contribution in [0.2, 0.25) is 0 Å². The predicted octanol–water partition coefficient (Wildman–Crippen LogP) is 2.01. The van der Waals surface area contributed by atoms with Crippen LogP contribution in [0.3, 0.4) is 0 Å². The van der Waals surface area contributed by atoms with E-state index >= 15 is 0 Å². The maximum Gasteiger partial charge on any atom is 0.349 e. The van der Waals surface area contributed by atoms with Crippen molar-refractivity contribution >= 4 is 23.2 Å². The second-order valence-corrected chi connectivity index (χ2v) is 5.75. The highest BCUT2D eigenvalue weighted by atomic mass is 32.1. The summed E-state index contributed by atoms with van der Waals surface area (Å²) in [5.74, 6) is -0.754. The molecule has 104 valence electrons. The number of aryl methyl sites for hydroxylation is 1. The Morgan fingerprint density at radius 3 is 2.89 bits per heavy atom. The number of hydrogen-bond donors (Lipinski definition) is 1. The summed E-state index contributed by atoms with van der Waals surface area (Å²) in [6.07, 6.45) is 1.83.